The summed E-state index contributed by atoms with van der Waals surface area (Å²) < 4.78 is 1.24. The Hall–Kier alpha value is -2.55. The summed E-state index contributed by atoms with van der Waals surface area (Å²) in [6.45, 7) is 5.82. The molecule has 0 spiro atoms. The van der Waals surface area contributed by atoms with Gasteiger partial charge in [0.15, 0.2) is 0 Å². The maximum atomic E-state index is 11.3. The van der Waals surface area contributed by atoms with Crippen molar-refractivity contribution in [1.82, 2.24) is 25.1 Å². The SMILES string of the molecule is CC(=O)Cc1nnc(-c2cnc3c(c2)CCN([C@@H](C)c2ccc4scnc4c2)CC3)s1. The van der Waals surface area contributed by atoms with E-state index in [1.807, 2.05) is 11.7 Å². The number of hydrogen-bond donors (Lipinski definition) is 0. The lowest BCUT2D eigenvalue weighted by molar-refractivity contribution is -0.116. The van der Waals surface area contributed by atoms with Crippen molar-refractivity contribution in [2.24, 2.45) is 0 Å². The average molecular weight is 450 g/mol. The van der Waals surface area contributed by atoms with Crippen molar-refractivity contribution in [3.63, 3.8) is 0 Å². The van der Waals surface area contributed by atoms with Crippen molar-refractivity contribution in [2.45, 2.75) is 39.2 Å². The maximum Gasteiger partial charge on any atom is 0.149 e. The van der Waals surface area contributed by atoms with Gasteiger partial charge in [0.2, 0.25) is 0 Å². The quantitative estimate of drug-likeness (QED) is 0.447. The molecule has 0 aliphatic carbocycles. The number of pyridine rings is 1. The number of carbonyl (C=O) groups excluding carboxylic acids is 1. The Bertz CT molecular complexity index is 1250. The van der Waals surface area contributed by atoms with E-state index in [1.165, 1.54) is 32.9 Å². The van der Waals surface area contributed by atoms with E-state index >= 15 is 0 Å². The average Bonchev–Trinajstić information content (AvgIpc) is 3.37. The first-order valence-electron chi connectivity index (χ1n) is 10.4. The van der Waals surface area contributed by atoms with Crippen LogP contribution in [0.1, 0.15) is 41.7 Å². The summed E-state index contributed by atoms with van der Waals surface area (Å²) in [5, 5.41) is 10.0. The molecule has 158 valence electrons. The summed E-state index contributed by atoms with van der Waals surface area (Å²) >= 11 is 3.16. The highest BCUT2D eigenvalue weighted by molar-refractivity contribution is 7.16. The van der Waals surface area contributed by atoms with Crippen LogP contribution in [0.4, 0.5) is 0 Å². The molecule has 0 saturated carbocycles. The van der Waals surface area contributed by atoms with E-state index in [-0.39, 0.29) is 5.78 Å². The molecule has 4 heterocycles. The molecule has 0 bridgehead atoms. The molecule has 6 nitrogen and oxygen atoms in total. The Kier molecular flexibility index (Phi) is 5.60. The Morgan fingerprint density at radius 3 is 2.90 bits per heavy atom. The summed E-state index contributed by atoms with van der Waals surface area (Å²) in [7, 11) is 0. The second kappa shape index (κ2) is 8.53. The van der Waals surface area contributed by atoms with Gasteiger partial charge in [-0.1, -0.05) is 17.4 Å². The lowest BCUT2D eigenvalue weighted by Gasteiger charge is -2.27. The van der Waals surface area contributed by atoms with Gasteiger partial charge in [-0.25, -0.2) is 4.98 Å². The normalized spacial score (nSPS) is 15.5. The highest BCUT2D eigenvalue weighted by atomic mass is 32.1. The molecule has 4 aromatic rings. The molecule has 0 saturated heterocycles. The zero-order valence-corrected chi connectivity index (χ0v) is 19.2. The van der Waals surface area contributed by atoms with Crippen LogP contribution in [0.3, 0.4) is 0 Å². The van der Waals surface area contributed by atoms with E-state index in [9.17, 15) is 4.79 Å². The minimum absolute atomic E-state index is 0.103. The number of hydrogen-bond acceptors (Lipinski definition) is 8. The number of carbonyl (C=O) groups is 1. The maximum absolute atomic E-state index is 11.3. The Balaban J connectivity index is 1.33. The van der Waals surface area contributed by atoms with Crippen LogP contribution in [0.5, 0.6) is 0 Å². The molecule has 1 aliphatic rings. The molecule has 0 radical (unpaired) electrons. The predicted octanol–water partition coefficient (Wildman–Crippen LogP) is 4.50. The molecule has 0 N–H and O–H groups in total. The Labute approximate surface area is 189 Å². The Morgan fingerprint density at radius 2 is 2.03 bits per heavy atom. The van der Waals surface area contributed by atoms with Gasteiger partial charge in [-0.05, 0) is 49.6 Å². The van der Waals surface area contributed by atoms with Crippen LogP contribution in [0.2, 0.25) is 0 Å². The van der Waals surface area contributed by atoms with Gasteiger partial charge in [0.1, 0.15) is 15.8 Å². The van der Waals surface area contributed by atoms with Crippen molar-refractivity contribution in [1.29, 1.82) is 0 Å². The molecule has 1 aliphatic heterocycles. The lowest BCUT2D eigenvalue weighted by atomic mass is 10.1. The van der Waals surface area contributed by atoms with Gasteiger partial charge in [-0.2, -0.15) is 0 Å². The number of ketones is 1. The van der Waals surface area contributed by atoms with Gasteiger partial charge >= 0.3 is 0 Å². The first-order valence-corrected chi connectivity index (χ1v) is 12.1. The molecule has 1 atom stereocenters. The van der Waals surface area contributed by atoms with Gasteiger partial charge in [0.25, 0.3) is 0 Å². The van der Waals surface area contributed by atoms with Crippen molar-refractivity contribution >= 4 is 38.7 Å². The fourth-order valence-corrected chi connectivity index (χ4v) is 5.66. The van der Waals surface area contributed by atoms with Crippen LogP contribution < -0.4 is 0 Å². The molecule has 0 fully saturated rings. The number of aromatic nitrogens is 4. The second-order valence-corrected chi connectivity index (χ2v) is 9.95. The third-order valence-corrected chi connectivity index (χ3v) is 7.64. The van der Waals surface area contributed by atoms with Gasteiger partial charge in [-0.3, -0.25) is 14.7 Å². The van der Waals surface area contributed by atoms with Crippen LogP contribution in [0, 0.1) is 0 Å². The van der Waals surface area contributed by atoms with Crippen molar-refractivity contribution in [3.8, 4) is 10.6 Å². The third-order valence-electron chi connectivity index (χ3n) is 5.86. The largest absolute Gasteiger partial charge is 0.300 e. The molecular formula is C23H23N5OS2. The molecule has 1 aromatic carbocycles. The first-order chi connectivity index (χ1) is 15.1. The van der Waals surface area contributed by atoms with E-state index in [1.54, 1.807) is 18.3 Å². The molecule has 5 rings (SSSR count). The summed E-state index contributed by atoms with van der Waals surface area (Å²) in [5.74, 6) is 0.103. The summed E-state index contributed by atoms with van der Waals surface area (Å²) in [6.07, 6.45) is 4.13. The smallest absolute Gasteiger partial charge is 0.149 e. The highest BCUT2D eigenvalue weighted by Gasteiger charge is 2.22. The minimum Gasteiger partial charge on any atom is -0.300 e. The number of nitrogens with zero attached hydrogens (tertiary/aromatic N) is 5. The minimum atomic E-state index is 0.103. The third kappa shape index (κ3) is 4.28. The molecule has 31 heavy (non-hydrogen) atoms. The summed E-state index contributed by atoms with van der Waals surface area (Å²) in [4.78, 5) is 23.1. The molecule has 8 heteroatoms. The van der Waals surface area contributed by atoms with Crippen LogP contribution in [-0.2, 0) is 24.1 Å². The van der Waals surface area contributed by atoms with Crippen LogP contribution in [0.15, 0.2) is 36.0 Å². The van der Waals surface area contributed by atoms with Gasteiger partial charge < -0.3 is 0 Å². The van der Waals surface area contributed by atoms with Crippen LogP contribution in [-0.4, -0.2) is 43.9 Å². The highest BCUT2D eigenvalue weighted by Crippen LogP contribution is 2.30. The number of fused-ring (bicyclic) bond motifs is 2. The Morgan fingerprint density at radius 1 is 1.16 bits per heavy atom. The number of thiazole rings is 1. The fourth-order valence-electron chi connectivity index (χ4n) is 4.11. The first kappa shape index (κ1) is 20.4. The predicted molar refractivity (Wildman–Crippen MR) is 125 cm³/mol. The van der Waals surface area contributed by atoms with Gasteiger partial charge in [0, 0.05) is 43.0 Å². The second-order valence-electron chi connectivity index (χ2n) is 8.00. The monoisotopic (exact) mass is 449 g/mol. The lowest BCUT2D eigenvalue weighted by Crippen LogP contribution is -2.29. The van der Waals surface area contributed by atoms with E-state index in [4.69, 9.17) is 4.98 Å². The molecule has 0 unspecified atom stereocenters. The van der Waals surface area contributed by atoms with E-state index in [0.29, 0.717) is 12.5 Å². The van der Waals surface area contributed by atoms with Crippen molar-refractivity contribution in [2.75, 3.05) is 13.1 Å². The van der Waals surface area contributed by atoms with E-state index in [0.717, 1.165) is 47.0 Å². The topological polar surface area (TPSA) is 71.9 Å². The zero-order chi connectivity index (χ0) is 21.4. The van der Waals surface area contributed by atoms with E-state index in [2.05, 4.69) is 51.3 Å². The van der Waals surface area contributed by atoms with Crippen LogP contribution in [0.25, 0.3) is 20.8 Å². The molecule has 0 amide bonds. The standard InChI is InChI=1S/C23H23N5OS2/c1-14(29)9-22-26-27-23(31-22)18-10-17-5-7-28(8-6-19(17)24-12-18)15(2)16-3-4-21-20(11-16)25-13-30-21/h3-4,10-13,15H,5-9H2,1-2H3/t15-/m0/s1. The number of Topliss-reactive ketones (excluding diaryl/α,β-unsaturated/α-hetero) is 1. The molecular weight excluding hydrogens is 426 g/mol. The van der Waals surface area contributed by atoms with Crippen molar-refractivity contribution in [3.05, 3.63) is 57.8 Å². The van der Waals surface area contributed by atoms with E-state index < -0.39 is 0 Å². The van der Waals surface area contributed by atoms with Crippen molar-refractivity contribution < 1.29 is 4.79 Å². The molecule has 3 aromatic heterocycles. The fraction of sp³-hybridized carbons (Fsp3) is 0.348. The van der Waals surface area contributed by atoms with Gasteiger partial charge in [0.05, 0.1) is 22.1 Å². The number of benzene rings is 1. The summed E-state index contributed by atoms with van der Waals surface area (Å²) in [5.41, 5.74) is 7.74. The summed E-state index contributed by atoms with van der Waals surface area (Å²) in [6, 6.07) is 9.17. The zero-order valence-electron chi connectivity index (χ0n) is 17.5. The van der Waals surface area contributed by atoms with Gasteiger partial charge in [-0.15, -0.1) is 21.5 Å². The van der Waals surface area contributed by atoms with Crippen LogP contribution >= 0.6 is 22.7 Å². The number of rotatable bonds is 5.